The summed E-state index contributed by atoms with van der Waals surface area (Å²) in [6.45, 7) is 0. The van der Waals surface area contributed by atoms with Crippen LogP contribution in [0, 0.1) is 0 Å². The van der Waals surface area contributed by atoms with E-state index in [0.29, 0.717) is 0 Å². The average molecular weight is 202 g/mol. The molecular weight excluding hydrogens is 192 g/mol. The van der Waals surface area contributed by atoms with E-state index in [1.165, 1.54) is 5.57 Å². The normalized spacial score (nSPS) is 16.1. The Kier molecular flexibility index (Phi) is 1.77. The van der Waals surface area contributed by atoms with Crippen molar-refractivity contribution >= 4 is 27.9 Å². The van der Waals surface area contributed by atoms with Crippen LogP contribution in [0.15, 0.2) is 29.0 Å². The van der Waals surface area contributed by atoms with E-state index < -0.39 is 0 Å². The van der Waals surface area contributed by atoms with Gasteiger partial charge in [-0.15, -0.1) is 11.3 Å². The van der Waals surface area contributed by atoms with Crippen LogP contribution in [0.25, 0.3) is 16.6 Å². The highest BCUT2D eigenvalue weighted by molar-refractivity contribution is 7.09. The molecule has 0 aliphatic heterocycles. The maximum absolute atomic E-state index is 4.55. The van der Waals surface area contributed by atoms with Crippen LogP contribution in [0.1, 0.15) is 18.7 Å². The summed E-state index contributed by atoms with van der Waals surface area (Å²) in [5.41, 5.74) is 3.55. The Morgan fingerprint density at radius 2 is 2.36 bits per heavy atom. The van der Waals surface area contributed by atoms with Crippen molar-refractivity contribution in [3.63, 3.8) is 0 Å². The van der Waals surface area contributed by atoms with Gasteiger partial charge in [0.25, 0.3) is 0 Å². The zero-order valence-electron chi connectivity index (χ0n) is 7.66. The highest BCUT2D eigenvalue weighted by Crippen LogP contribution is 2.24. The van der Waals surface area contributed by atoms with E-state index in [9.17, 15) is 0 Å². The molecule has 0 aromatic carbocycles. The number of aromatic nitrogens is 2. The van der Waals surface area contributed by atoms with E-state index in [4.69, 9.17) is 0 Å². The maximum Gasteiger partial charge on any atom is 0.134 e. The van der Waals surface area contributed by atoms with Crippen molar-refractivity contribution in [3.05, 3.63) is 34.8 Å². The second-order valence-electron chi connectivity index (χ2n) is 3.41. The minimum atomic E-state index is 1.03. The molecule has 1 aliphatic rings. The molecule has 0 bridgehead atoms. The van der Waals surface area contributed by atoms with Gasteiger partial charge in [-0.1, -0.05) is 18.2 Å². The largest absolute Gasteiger partial charge is 0.338 e. The second-order valence-corrected chi connectivity index (χ2v) is 4.16. The zero-order valence-corrected chi connectivity index (χ0v) is 8.47. The number of hydrogen-bond acceptors (Lipinski definition) is 2. The van der Waals surface area contributed by atoms with Crippen LogP contribution in [0.5, 0.6) is 0 Å². The first-order valence-corrected chi connectivity index (χ1v) is 5.66. The van der Waals surface area contributed by atoms with E-state index in [1.54, 1.807) is 11.3 Å². The number of fused-ring (bicyclic) bond motifs is 1. The Labute approximate surface area is 86.0 Å². The van der Waals surface area contributed by atoms with Gasteiger partial charge in [0.2, 0.25) is 0 Å². The third kappa shape index (κ3) is 1.21. The second kappa shape index (κ2) is 3.10. The van der Waals surface area contributed by atoms with E-state index >= 15 is 0 Å². The number of imidazole rings is 1. The molecule has 14 heavy (non-hydrogen) atoms. The number of aromatic amines is 1. The molecule has 3 heteroatoms. The fourth-order valence-corrected chi connectivity index (χ4v) is 2.39. The highest BCUT2D eigenvalue weighted by atomic mass is 32.1. The van der Waals surface area contributed by atoms with E-state index in [-0.39, 0.29) is 0 Å². The number of nitrogens with zero attached hydrogens (tertiary/aromatic N) is 1. The van der Waals surface area contributed by atoms with Crippen LogP contribution in [0.3, 0.4) is 0 Å². The number of allylic oxidation sites excluding steroid dienone is 4. The van der Waals surface area contributed by atoms with Gasteiger partial charge in [-0.2, -0.15) is 0 Å². The summed E-state index contributed by atoms with van der Waals surface area (Å²) in [5, 5.41) is 4.18. The molecule has 0 saturated carbocycles. The molecule has 2 nitrogen and oxygen atoms in total. The molecule has 0 amide bonds. The predicted molar refractivity (Wildman–Crippen MR) is 60.3 cm³/mol. The molecule has 2 aromatic heterocycles. The van der Waals surface area contributed by atoms with Gasteiger partial charge in [0.15, 0.2) is 0 Å². The van der Waals surface area contributed by atoms with Gasteiger partial charge in [0, 0.05) is 10.8 Å². The van der Waals surface area contributed by atoms with E-state index in [2.05, 4.69) is 39.0 Å². The molecule has 3 rings (SSSR count). The van der Waals surface area contributed by atoms with Crippen molar-refractivity contribution in [2.45, 2.75) is 12.8 Å². The smallest absolute Gasteiger partial charge is 0.134 e. The summed E-state index contributed by atoms with van der Waals surface area (Å²) in [6, 6.07) is 0. The van der Waals surface area contributed by atoms with Crippen molar-refractivity contribution < 1.29 is 0 Å². The van der Waals surface area contributed by atoms with Crippen LogP contribution in [-0.2, 0) is 0 Å². The van der Waals surface area contributed by atoms with Crippen molar-refractivity contribution in [2.75, 3.05) is 0 Å². The van der Waals surface area contributed by atoms with Gasteiger partial charge in [-0.25, -0.2) is 4.98 Å². The standard InChI is InChI=1S/C11H10N2S/c1-2-4-8(5-3-1)11-12-9-6-14-7-10(9)13-11/h1-2,4,6-7H,3,5H2,(H,12,13). The van der Waals surface area contributed by atoms with E-state index in [0.717, 1.165) is 29.7 Å². The Bertz CT molecular complexity index is 488. The van der Waals surface area contributed by atoms with Crippen LogP contribution < -0.4 is 0 Å². The molecule has 70 valence electrons. The quantitative estimate of drug-likeness (QED) is 0.754. The maximum atomic E-state index is 4.55. The predicted octanol–water partition coefficient (Wildman–Crippen LogP) is 3.36. The Morgan fingerprint density at radius 1 is 1.36 bits per heavy atom. The molecular formula is C11H10N2S. The molecule has 0 unspecified atom stereocenters. The number of thiophene rings is 1. The van der Waals surface area contributed by atoms with Crippen LogP contribution in [0.2, 0.25) is 0 Å². The Balaban J connectivity index is 2.09. The number of hydrogen-bond donors (Lipinski definition) is 1. The fourth-order valence-electron chi connectivity index (χ4n) is 1.70. The summed E-state index contributed by atoms with van der Waals surface area (Å²) < 4.78 is 0. The summed E-state index contributed by atoms with van der Waals surface area (Å²) in [4.78, 5) is 7.89. The average Bonchev–Trinajstić information content (AvgIpc) is 2.78. The molecule has 1 aliphatic carbocycles. The van der Waals surface area contributed by atoms with Crippen LogP contribution in [0.4, 0.5) is 0 Å². The third-order valence-corrected chi connectivity index (χ3v) is 3.18. The van der Waals surface area contributed by atoms with Crippen molar-refractivity contribution in [3.8, 4) is 0 Å². The van der Waals surface area contributed by atoms with Gasteiger partial charge in [-0.05, 0) is 18.4 Å². The van der Waals surface area contributed by atoms with Crippen molar-refractivity contribution in [2.24, 2.45) is 0 Å². The van der Waals surface area contributed by atoms with Crippen molar-refractivity contribution in [1.29, 1.82) is 0 Å². The van der Waals surface area contributed by atoms with Gasteiger partial charge < -0.3 is 4.98 Å². The monoisotopic (exact) mass is 202 g/mol. The van der Waals surface area contributed by atoms with Crippen molar-refractivity contribution in [1.82, 2.24) is 9.97 Å². The Morgan fingerprint density at radius 3 is 3.14 bits per heavy atom. The topological polar surface area (TPSA) is 28.7 Å². The molecule has 0 spiro atoms. The minimum absolute atomic E-state index is 1.03. The lowest BCUT2D eigenvalue weighted by molar-refractivity contribution is 1.03. The number of H-pyrrole nitrogens is 1. The van der Waals surface area contributed by atoms with Gasteiger partial charge in [0.05, 0.1) is 11.0 Å². The lowest BCUT2D eigenvalue weighted by Crippen LogP contribution is -1.89. The fraction of sp³-hybridized carbons (Fsp3) is 0.182. The van der Waals surface area contributed by atoms with Gasteiger partial charge >= 0.3 is 0 Å². The first-order chi connectivity index (χ1) is 6.93. The van der Waals surface area contributed by atoms with Gasteiger partial charge in [0.1, 0.15) is 5.82 Å². The molecule has 0 radical (unpaired) electrons. The SMILES string of the molecule is C1=CCCC(c2nc3cscc3[nH]2)=C1. The third-order valence-electron chi connectivity index (χ3n) is 2.44. The highest BCUT2D eigenvalue weighted by Gasteiger charge is 2.08. The number of rotatable bonds is 1. The summed E-state index contributed by atoms with van der Waals surface area (Å²) >= 11 is 1.69. The summed E-state index contributed by atoms with van der Waals surface area (Å²) in [6.07, 6.45) is 8.66. The zero-order chi connectivity index (χ0) is 9.38. The molecule has 2 heterocycles. The van der Waals surface area contributed by atoms with E-state index in [1.807, 2.05) is 0 Å². The molecule has 2 aromatic rings. The number of nitrogens with one attached hydrogen (secondary N) is 1. The molecule has 0 fully saturated rings. The summed E-state index contributed by atoms with van der Waals surface area (Å²) in [5.74, 6) is 1.03. The molecule has 1 N–H and O–H groups in total. The summed E-state index contributed by atoms with van der Waals surface area (Å²) in [7, 11) is 0. The Hall–Kier alpha value is -1.35. The minimum Gasteiger partial charge on any atom is -0.338 e. The first kappa shape index (κ1) is 8.00. The lowest BCUT2D eigenvalue weighted by Gasteiger charge is -2.04. The van der Waals surface area contributed by atoms with Gasteiger partial charge in [-0.3, -0.25) is 0 Å². The van der Waals surface area contributed by atoms with Crippen LogP contribution in [-0.4, -0.2) is 9.97 Å². The molecule has 0 saturated heterocycles. The first-order valence-electron chi connectivity index (χ1n) is 4.71. The van der Waals surface area contributed by atoms with Crippen LogP contribution >= 0.6 is 11.3 Å². The molecule has 0 atom stereocenters. The lowest BCUT2D eigenvalue weighted by atomic mass is 10.1.